The van der Waals surface area contributed by atoms with Crippen LogP contribution in [0.4, 0.5) is 10.5 Å². The van der Waals surface area contributed by atoms with Crippen LogP contribution in [0.15, 0.2) is 18.5 Å². The van der Waals surface area contributed by atoms with Gasteiger partial charge in [-0.1, -0.05) is 0 Å². The average molecular weight is 308 g/mol. The summed E-state index contributed by atoms with van der Waals surface area (Å²) >= 11 is 1.21. The van der Waals surface area contributed by atoms with Crippen molar-refractivity contribution in [3.8, 4) is 0 Å². The van der Waals surface area contributed by atoms with Crippen LogP contribution >= 0.6 is 11.3 Å². The molecule has 2 aromatic heterocycles. The molecule has 1 N–H and O–H groups in total. The molecule has 2 aromatic rings. The van der Waals surface area contributed by atoms with E-state index in [0.29, 0.717) is 10.6 Å². The second-order valence-electron chi connectivity index (χ2n) is 5.30. The lowest BCUT2D eigenvalue weighted by molar-refractivity contribution is 0.0607. The number of anilines is 1. The van der Waals surface area contributed by atoms with Crippen LogP contribution in [0.3, 0.4) is 0 Å². The second kappa shape index (κ2) is 5.69. The van der Waals surface area contributed by atoms with Gasteiger partial charge in [0.1, 0.15) is 10.5 Å². The summed E-state index contributed by atoms with van der Waals surface area (Å²) in [5, 5.41) is 3.35. The number of fused-ring (bicyclic) bond motifs is 1. The van der Waals surface area contributed by atoms with E-state index < -0.39 is 17.7 Å². The van der Waals surface area contributed by atoms with Gasteiger partial charge in [0.15, 0.2) is 0 Å². The quantitative estimate of drug-likeness (QED) is 0.860. The maximum atomic E-state index is 11.9. The zero-order valence-electron chi connectivity index (χ0n) is 12.2. The zero-order chi connectivity index (χ0) is 15.6. The lowest BCUT2D eigenvalue weighted by Crippen LogP contribution is -2.27. The Morgan fingerprint density at radius 3 is 2.67 bits per heavy atom. The van der Waals surface area contributed by atoms with Crippen LogP contribution in [-0.2, 0) is 9.47 Å². The minimum absolute atomic E-state index is 0.311. The molecule has 0 bridgehead atoms. The third kappa shape index (κ3) is 3.49. The van der Waals surface area contributed by atoms with Crippen molar-refractivity contribution >= 4 is 39.2 Å². The number of methoxy groups -OCH3 is 1. The van der Waals surface area contributed by atoms with Crippen LogP contribution in [0.25, 0.3) is 10.1 Å². The summed E-state index contributed by atoms with van der Waals surface area (Å²) in [6, 6.07) is 1.73. The standard InChI is InChI=1S/C14H16N2O4S/c1-14(2,3)20-13(18)16-10-8-5-6-15-7-9(8)21-11(10)12(17)19-4/h5-7H,1-4H3,(H,16,18). The highest BCUT2D eigenvalue weighted by atomic mass is 32.1. The molecular formula is C14H16N2O4S. The summed E-state index contributed by atoms with van der Waals surface area (Å²) in [6.45, 7) is 5.30. The van der Waals surface area contributed by atoms with Gasteiger partial charge in [0, 0.05) is 17.8 Å². The molecule has 6 nitrogen and oxygen atoms in total. The van der Waals surface area contributed by atoms with Crippen molar-refractivity contribution in [1.29, 1.82) is 0 Å². The van der Waals surface area contributed by atoms with Crippen LogP contribution in [0.5, 0.6) is 0 Å². The molecule has 0 aromatic carbocycles. The molecule has 0 saturated heterocycles. The maximum Gasteiger partial charge on any atom is 0.412 e. The molecule has 0 aliphatic heterocycles. The lowest BCUT2D eigenvalue weighted by Gasteiger charge is -2.19. The van der Waals surface area contributed by atoms with E-state index in [-0.39, 0.29) is 0 Å². The van der Waals surface area contributed by atoms with E-state index in [4.69, 9.17) is 9.47 Å². The summed E-state index contributed by atoms with van der Waals surface area (Å²) < 4.78 is 10.7. The number of hydrogen-bond acceptors (Lipinski definition) is 6. The number of hydrogen-bond donors (Lipinski definition) is 1. The number of esters is 1. The van der Waals surface area contributed by atoms with Crippen LogP contribution < -0.4 is 5.32 Å². The fraction of sp³-hybridized carbons (Fsp3) is 0.357. The number of carbonyl (C=O) groups excluding carboxylic acids is 2. The fourth-order valence-corrected chi connectivity index (χ4v) is 2.76. The summed E-state index contributed by atoms with van der Waals surface area (Å²) in [4.78, 5) is 28.1. The SMILES string of the molecule is COC(=O)c1sc2cnccc2c1NC(=O)OC(C)(C)C. The van der Waals surface area contributed by atoms with Gasteiger partial charge >= 0.3 is 12.1 Å². The van der Waals surface area contributed by atoms with E-state index in [1.807, 2.05) is 0 Å². The molecule has 0 aliphatic rings. The van der Waals surface area contributed by atoms with Gasteiger partial charge < -0.3 is 9.47 Å². The zero-order valence-corrected chi connectivity index (χ0v) is 13.0. The highest BCUT2D eigenvalue weighted by Gasteiger charge is 2.23. The van der Waals surface area contributed by atoms with E-state index in [1.165, 1.54) is 18.4 Å². The molecule has 21 heavy (non-hydrogen) atoms. The Balaban J connectivity index is 2.41. The highest BCUT2D eigenvalue weighted by Crippen LogP contribution is 2.35. The third-order valence-corrected chi connectivity index (χ3v) is 3.61. The molecule has 2 rings (SSSR count). The maximum absolute atomic E-state index is 11.9. The van der Waals surface area contributed by atoms with Crippen molar-refractivity contribution < 1.29 is 19.1 Å². The van der Waals surface area contributed by atoms with Gasteiger partial charge in [-0.3, -0.25) is 10.3 Å². The topological polar surface area (TPSA) is 77.5 Å². The van der Waals surface area contributed by atoms with E-state index in [2.05, 4.69) is 10.3 Å². The third-order valence-electron chi connectivity index (χ3n) is 2.49. The summed E-state index contributed by atoms with van der Waals surface area (Å²) in [5.41, 5.74) is -0.235. The number of amides is 1. The fourth-order valence-electron chi connectivity index (χ4n) is 1.72. The number of rotatable bonds is 2. The number of carbonyl (C=O) groups is 2. The Hall–Kier alpha value is -2.15. The molecule has 0 saturated carbocycles. The van der Waals surface area contributed by atoms with Gasteiger partial charge in [-0.25, -0.2) is 9.59 Å². The van der Waals surface area contributed by atoms with E-state index >= 15 is 0 Å². The van der Waals surface area contributed by atoms with Gasteiger partial charge in [-0.05, 0) is 26.8 Å². The molecule has 0 radical (unpaired) electrons. The number of nitrogens with one attached hydrogen (secondary N) is 1. The van der Waals surface area contributed by atoms with Crippen molar-refractivity contribution in [3.05, 3.63) is 23.3 Å². The van der Waals surface area contributed by atoms with E-state index in [0.717, 1.165) is 10.1 Å². The summed E-state index contributed by atoms with van der Waals surface area (Å²) in [6.07, 6.45) is 2.60. The Bertz CT molecular complexity index is 688. The van der Waals surface area contributed by atoms with Crippen molar-refractivity contribution in [3.63, 3.8) is 0 Å². The van der Waals surface area contributed by atoms with Gasteiger partial charge in [0.2, 0.25) is 0 Å². The van der Waals surface area contributed by atoms with Crippen LogP contribution in [0.1, 0.15) is 30.4 Å². The molecule has 1 amide bonds. The number of aromatic nitrogens is 1. The molecular weight excluding hydrogens is 292 g/mol. The normalized spacial score (nSPS) is 11.2. The van der Waals surface area contributed by atoms with Gasteiger partial charge in [0.05, 0.1) is 17.5 Å². The number of thiophene rings is 1. The highest BCUT2D eigenvalue weighted by molar-refractivity contribution is 7.21. The van der Waals surface area contributed by atoms with Gasteiger partial charge in [0.25, 0.3) is 0 Å². The first kappa shape index (κ1) is 15.2. The van der Waals surface area contributed by atoms with Crippen molar-refractivity contribution in [2.24, 2.45) is 0 Å². The number of ether oxygens (including phenoxy) is 2. The molecule has 0 spiro atoms. The Kier molecular flexibility index (Phi) is 4.13. The van der Waals surface area contributed by atoms with Crippen molar-refractivity contribution in [2.75, 3.05) is 12.4 Å². The minimum Gasteiger partial charge on any atom is -0.465 e. The first-order valence-corrected chi connectivity index (χ1v) is 7.08. The molecule has 0 aliphatic carbocycles. The van der Waals surface area contributed by atoms with Gasteiger partial charge in [-0.15, -0.1) is 11.3 Å². The van der Waals surface area contributed by atoms with Crippen LogP contribution in [0.2, 0.25) is 0 Å². The summed E-state index contributed by atoms with van der Waals surface area (Å²) in [5.74, 6) is -0.512. The Labute approximate surface area is 126 Å². The van der Waals surface area contributed by atoms with Crippen molar-refractivity contribution in [2.45, 2.75) is 26.4 Å². The first-order chi connectivity index (χ1) is 9.81. The van der Waals surface area contributed by atoms with E-state index in [1.54, 1.807) is 39.2 Å². The Morgan fingerprint density at radius 1 is 1.33 bits per heavy atom. The predicted molar refractivity (Wildman–Crippen MR) is 80.8 cm³/mol. The molecule has 2 heterocycles. The predicted octanol–water partition coefficient (Wildman–Crippen LogP) is 3.43. The van der Waals surface area contributed by atoms with Gasteiger partial charge in [-0.2, -0.15) is 0 Å². The van der Waals surface area contributed by atoms with E-state index in [9.17, 15) is 9.59 Å². The largest absolute Gasteiger partial charge is 0.465 e. The Morgan fingerprint density at radius 2 is 2.05 bits per heavy atom. The average Bonchev–Trinajstić information content (AvgIpc) is 2.75. The summed E-state index contributed by atoms with van der Waals surface area (Å²) in [7, 11) is 1.29. The monoisotopic (exact) mass is 308 g/mol. The molecule has 7 heteroatoms. The minimum atomic E-state index is -0.622. The smallest absolute Gasteiger partial charge is 0.412 e. The van der Waals surface area contributed by atoms with Crippen LogP contribution in [0, 0.1) is 0 Å². The molecule has 0 fully saturated rings. The first-order valence-electron chi connectivity index (χ1n) is 6.26. The molecule has 0 atom stereocenters. The number of nitrogens with zero attached hydrogens (tertiary/aromatic N) is 1. The van der Waals surface area contributed by atoms with Crippen molar-refractivity contribution in [1.82, 2.24) is 4.98 Å². The lowest BCUT2D eigenvalue weighted by atomic mass is 10.2. The number of pyridine rings is 1. The molecule has 0 unspecified atom stereocenters. The van der Waals surface area contributed by atoms with Crippen LogP contribution in [-0.4, -0.2) is 29.8 Å². The second-order valence-corrected chi connectivity index (χ2v) is 6.35. The molecule has 112 valence electrons.